The van der Waals surface area contributed by atoms with E-state index in [1.54, 1.807) is 30.1 Å². The lowest BCUT2D eigenvalue weighted by atomic mass is 9.98. The fourth-order valence-corrected chi connectivity index (χ4v) is 5.55. The molecule has 10 nitrogen and oxygen atoms in total. The summed E-state index contributed by atoms with van der Waals surface area (Å²) in [6, 6.07) is 22.3. The minimum atomic E-state index is -0.453. The van der Waals surface area contributed by atoms with Crippen molar-refractivity contribution in [1.82, 2.24) is 15.1 Å². The maximum absolute atomic E-state index is 14.0. The van der Waals surface area contributed by atoms with E-state index in [2.05, 4.69) is 32.8 Å². The number of fused-ring (bicyclic) bond motifs is 1. The standard InChI is InChI=1S/C35H35FN6O4/c1-40-14-16-42(17-15-40)22-31(43)41(2)27-11-9-26(10-12-27)38-33(32-28-13-8-25(36)20-29(28)39-35(32)45)24-6-3-5-23(19-24)21-37-34(44)30-7-4-18-46-30/h3-13,18-20,38H,14-17,21-22H2,1-2H3,(H,37,44)(H,39,45). The molecule has 3 heterocycles. The molecule has 4 aromatic rings. The SMILES string of the molecule is CN1CCN(CC(=O)N(C)c2ccc(NC(=C3C(=O)Nc4cc(F)ccc43)c3cccc(CNC(=O)c4ccco4)c3)cc2)CC1. The molecule has 1 saturated heterocycles. The molecule has 0 saturated carbocycles. The van der Waals surface area contributed by atoms with Gasteiger partial charge in [0.1, 0.15) is 5.82 Å². The molecule has 3 aromatic carbocycles. The third kappa shape index (κ3) is 6.85. The van der Waals surface area contributed by atoms with Crippen LogP contribution in [-0.2, 0) is 16.1 Å². The van der Waals surface area contributed by atoms with Crippen LogP contribution >= 0.6 is 0 Å². The van der Waals surface area contributed by atoms with Gasteiger partial charge in [-0.1, -0.05) is 18.2 Å². The van der Waals surface area contributed by atoms with Crippen molar-refractivity contribution in [3.63, 3.8) is 0 Å². The predicted octanol–water partition coefficient (Wildman–Crippen LogP) is 4.49. The second kappa shape index (κ2) is 13.4. The summed E-state index contributed by atoms with van der Waals surface area (Å²) >= 11 is 0. The van der Waals surface area contributed by atoms with Crippen LogP contribution in [0.15, 0.2) is 89.5 Å². The Bertz CT molecular complexity index is 1780. The maximum atomic E-state index is 14.0. The highest BCUT2D eigenvalue weighted by atomic mass is 19.1. The molecule has 0 aliphatic carbocycles. The van der Waals surface area contributed by atoms with Gasteiger partial charge in [0.15, 0.2) is 5.76 Å². The molecule has 2 aliphatic heterocycles. The maximum Gasteiger partial charge on any atom is 0.287 e. The van der Waals surface area contributed by atoms with Crippen molar-refractivity contribution < 1.29 is 23.2 Å². The summed E-state index contributed by atoms with van der Waals surface area (Å²) in [6.45, 7) is 4.18. The van der Waals surface area contributed by atoms with Crippen molar-refractivity contribution in [1.29, 1.82) is 0 Å². The smallest absolute Gasteiger partial charge is 0.287 e. The molecule has 11 heteroatoms. The fraction of sp³-hybridized carbons (Fsp3) is 0.229. The lowest BCUT2D eigenvalue weighted by Gasteiger charge is -2.32. The van der Waals surface area contributed by atoms with Gasteiger partial charge in [0.05, 0.1) is 29.8 Å². The quantitative estimate of drug-likeness (QED) is 0.236. The van der Waals surface area contributed by atoms with Crippen LogP contribution in [0.1, 0.15) is 27.2 Å². The van der Waals surface area contributed by atoms with Crippen LogP contribution in [0.2, 0.25) is 0 Å². The summed E-state index contributed by atoms with van der Waals surface area (Å²) < 4.78 is 19.2. The Labute approximate surface area is 266 Å². The van der Waals surface area contributed by atoms with Gasteiger partial charge >= 0.3 is 0 Å². The molecule has 1 fully saturated rings. The highest BCUT2D eigenvalue weighted by Gasteiger charge is 2.29. The number of hydrogen-bond donors (Lipinski definition) is 3. The molecule has 46 heavy (non-hydrogen) atoms. The molecular formula is C35H35FN6O4. The minimum Gasteiger partial charge on any atom is -0.459 e. The number of likely N-dealkylation sites (N-methyl/N-ethyl adjacent to an activating group) is 2. The number of nitrogens with zero attached hydrogens (tertiary/aromatic N) is 3. The summed E-state index contributed by atoms with van der Waals surface area (Å²) in [5.74, 6) is -0.945. The average Bonchev–Trinajstić information content (AvgIpc) is 3.71. The first kappa shape index (κ1) is 30.8. The second-order valence-electron chi connectivity index (χ2n) is 11.5. The summed E-state index contributed by atoms with van der Waals surface area (Å²) in [5, 5.41) is 9.02. The topological polar surface area (TPSA) is 110 Å². The molecule has 236 valence electrons. The highest BCUT2D eigenvalue weighted by molar-refractivity contribution is 6.37. The van der Waals surface area contributed by atoms with Crippen LogP contribution in [-0.4, -0.2) is 74.3 Å². The van der Waals surface area contributed by atoms with Gasteiger partial charge in [-0.3, -0.25) is 19.3 Å². The van der Waals surface area contributed by atoms with E-state index in [-0.39, 0.29) is 30.0 Å². The molecule has 0 atom stereocenters. The van der Waals surface area contributed by atoms with Crippen molar-refractivity contribution in [2.45, 2.75) is 6.54 Å². The molecule has 3 N–H and O–H groups in total. The zero-order chi connectivity index (χ0) is 32.2. The molecule has 0 bridgehead atoms. The van der Waals surface area contributed by atoms with Crippen molar-refractivity contribution >= 4 is 46.1 Å². The lowest BCUT2D eigenvalue weighted by Crippen LogP contribution is -2.48. The average molecular weight is 623 g/mol. The number of anilines is 3. The van der Waals surface area contributed by atoms with Gasteiger partial charge in [0.2, 0.25) is 5.91 Å². The van der Waals surface area contributed by atoms with E-state index in [9.17, 15) is 18.8 Å². The number of piperazine rings is 1. The molecular weight excluding hydrogens is 587 g/mol. The van der Waals surface area contributed by atoms with Crippen molar-refractivity contribution in [2.75, 3.05) is 62.4 Å². The normalized spacial score (nSPS) is 16.0. The Morgan fingerprint density at radius 1 is 0.978 bits per heavy atom. The number of nitrogens with one attached hydrogen (secondary N) is 3. The highest BCUT2D eigenvalue weighted by Crippen LogP contribution is 2.38. The molecule has 0 radical (unpaired) electrons. The Hall–Kier alpha value is -5.26. The summed E-state index contributed by atoms with van der Waals surface area (Å²) in [6.07, 6.45) is 1.44. The molecule has 6 rings (SSSR count). The molecule has 2 aliphatic rings. The number of hydrogen-bond acceptors (Lipinski definition) is 7. The third-order valence-electron chi connectivity index (χ3n) is 8.24. The summed E-state index contributed by atoms with van der Waals surface area (Å²) in [4.78, 5) is 44.9. The Morgan fingerprint density at radius 3 is 2.50 bits per heavy atom. The zero-order valence-electron chi connectivity index (χ0n) is 25.7. The van der Waals surface area contributed by atoms with Crippen LogP contribution in [0.5, 0.6) is 0 Å². The van der Waals surface area contributed by atoms with Crippen LogP contribution < -0.4 is 20.9 Å². The first-order valence-corrected chi connectivity index (χ1v) is 15.1. The van der Waals surface area contributed by atoms with E-state index in [1.165, 1.54) is 18.4 Å². The summed E-state index contributed by atoms with van der Waals surface area (Å²) in [5.41, 5.74) is 4.73. The number of benzene rings is 3. The van der Waals surface area contributed by atoms with E-state index in [0.717, 1.165) is 37.4 Å². The van der Waals surface area contributed by atoms with Crippen LogP contribution in [0.3, 0.4) is 0 Å². The first-order valence-electron chi connectivity index (χ1n) is 15.1. The second-order valence-corrected chi connectivity index (χ2v) is 11.5. The van der Waals surface area contributed by atoms with Crippen LogP contribution in [0, 0.1) is 5.82 Å². The van der Waals surface area contributed by atoms with Gasteiger partial charge in [0, 0.05) is 56.7 Å². The monoisotopic (exact) mass is 622 g/mol. The number of rotatable bonds is 9. The number of furan rings is 1. The lowest BCUT2D eigenvalue weighted by molar-refractivity contribution is -0.119. The van der Waals surface area contributed by atoms with Crippen molar-refractivity contribution in [3.05, 3.63) is 113 Å². The van der Waals surface area contributed by atoms with Gasteiger partial charge < -0.3 is 30.2 Å². The molecule has 0 unspecified atom stereocenters. The Balaban J connectivity index is 1.26. The Morgan fingerprint density at radius 2 is 1.76 bits per heavy atom. The van der Waals surface area contributed by atoms with Gasteiger partial charge in [-0.2, -0.15) is 0 Å². The molecule has 3 amide bonds. The summed E-state index contributed by atoms with van der Waals surface area (Å²) in [7, 11) is 3.85. The largest absolute Gasteiger partial charge is 0.459 e. The number of carbonyl (C=O) groups is 3. The predicted molar refractivity (Wildman–Crippen MR) is 176 cm³/mol. The van der Waals surface area contributed by atoms with Crippen LogP contribution in [0.25, 0.3) is 11.3 Å². The van der Waals surface area contributed by atoms with E-state index in [0.29, 0.717) is 40.3 Å². The van der Waals surface area contributed by atoms with Gasteiger partial charge in [0.25, 0.3) is 11.8 Å². The van der Waals surface area contributed by atoms with Gasteiger partial charge in [-0.05, 0) is 78.8 Å². The number of carbonyl (C=O) groups excluding carboxylic acids is 3. The van der Waals surface area contributed by atoms with Crippen LogP contribution in [0.4, 0.5) is 21.5 Å². The first-order chi connectivity index (χ1) is 22.2. The van der Waals surface area contributed by atoms with E-state index < -0.39 is 5.82 Å². The molecule has 1 aromatic heterocycles. The third-order valence-corrected chi connectivity index (χ3v) is 8.24. The molecule has 0 spiro atoms. The van der Waals surface area contributed by atoms with Crippen molar-refractivity contribution in [3.8, 4) is 0 Å². The van der Waals surface area contributed by atoms with E-state index >= 15 is 0 Å². The van der Waals surface area contributed by atoms with Crippen molar-refractivity contribution in [2.24, 2.45) is 0 Å². The van der Waals surface area contributed by atoms with E-state index in [1.807, 2.05) is 48.5 Å². The zero-order valence-corrected chi connectivity index (χ0v) is 25.7. The van der Waals surface area contributed by atoms with Gasteiger partial charge in [-0.15, -0.1) is 0 Å². The number of amides is 3. The van der Waals surface area contributed by atoms with Gasteiger partial charge in [-0.25, -0.2) is 4.39 Å². The Kier molecular flexibility index (Phi) is 8.95. The number of halogens is 1. The van der Waals surface area contributed by atoms with E-state index in [4.69, 9.17) is 4.42 Å². The minimum absolute atomic E-state index is 0.00971. The fourth-order valence-electron chi connectivity index (χ4n) is 5.55.